The standard InChI is InChI=1S/C75H124N2O27S/c1-65-16-18-70-68(63-65)75(4,20-23-103-104-62-61-102-60-59-101-58-57-100-56-55-99-54-50-96-46-44-93-40-38-90-34-32-87-28-26-84-6)72(76(70)21-12-8-11-15-73(78)79)14-10-7-9-13-71-74(2,3)67-64-66(105(80,81)82)17-19-69(67)77(71)22-24-85-29-30-88-35-36-91-41-42-94-47-48-97-52-53-98-51-49-95-45-43-92-39-37-89-33-31-86-27-25-83-5/h7,9-10,13-14,16-19,63-64H,8,11-12,15,20-62H2,1-6H3,(H-,78,79,80,81,82)/p+1. The number of allylic oxidation sites excluding steroid dienone is 6. The fourth-order valence-electron chi connectivity index (χ4n) is 10.9. The Bertz CT molecular complexity index is 2780. The maximum atomic E-state index is 12.4. The number of carbonyl (C=O) groups is 1. The molecule has 2 aliphatic heterocycles. The highest BCUT2D eigenvalue weighted by atomic mass is 32.2. The van der Waals surface area contributed by atoms with E-state index in [2.05, 4.69) is 47.6 Å². The number of anilines is 1. The van der Waals surface area contributed by atoms with Gasteiger partial charge in [0, 0.05) is 61.7 Å². The van der Waals surface area contributed by atoms with Gasteiger partial charge in [0.15, 0.2) is 12.3 Å². The highest BCUT2D eigenvalue weighted by molar-refractivity contribution is 7.85. The molecule has 0 saturated carbocycles. The molecule has 105 heavy (non-hydrogen) atoms. The number of nitrogens with zero attached hydrogens (tertiary/aromatic N) is 2. The van der Waals surface area contributed by atoms with Crippen LogP contribution in [-0.4, -0.2) is 326 Å². The summed E-state index contributed by atoms with van der Waals surface area (Å²) in [5.74, 6) is -0.804. The Morgan fingerprint density at radius 1 is 0.448 bits per heavy atom. The van der Waals surface area contributed by atoms with Gasteiger partial charge in [0.05, 0.1) is 261 Å². The summed E-state index contributed by atoms with van der Waals surface area (Å²) < 4.78 is 147. The quantitative estimate of drug-likeness (QED) is 0.0169. The monoisotopic (exact) mass is 1520 g/mol. The summed E-state index contributed by atoms with van der Waals surface area (Å²) in [5.41, 5.74) is 5.76. The van der Waals surface area contributed by atoms with Crippen LogP contribution in [0.4, 0.5) is 11.4 Å². The largest absolute Gasteiger partial charge is 0.481 e. The van der Waals surface area contributed by atoms with Crippen molar-refractivity contribution in [2.24, 2.45) is 0 Å². The van der Waals surface area contributed by atoms with Crippen molar-refractivity contribution in [1.29, 1.82) is 0 Å². The Morgan fingerprint density at radius 3 is 1.22 bits per heavy atom. The number of methoxy groups -OCH3 is 2. The van der Waals surface area contributed by atoms with E-state index in [1.54, 1.807) is 20.3 Å². The average molecular weight is 1520 g/mol. The fraction of sp³-hybridized carbons (Fsp3) is 0.733. The third kappa shape index (κ3) is 41.9. The maximum absolute atomic E-state index is 12.4. The van der Waals surface area contributed by atoms with Gasteiger partial charge in [-0.05, 0) is 76.8 Å². The van der Waals surface area contributed by atoms with Crippen LogP contribution in [0.2, 0.25) is 0 Å². The van der Waals surface area contributed by atoms with Crippen molar-refractivity contribution < 1.29 is 132 Å². The van der Waals surface area contributed by atoms with Crippen molar-refractivity contribution in [3.05, 3.63) is 89.2 Å². The van der Waals surface area contributed by atoms with Crippen LogP contribution in [0.3, 0.4) is 0 Å². The van der Waals surface area contributed by atoms with Gasteiger partial charge in [0.2, 0.25) is 5.69 Å². The minimum absolute atomic E-state index is 0.121. The predicted molar refractivity (Wildman–Crippen MR) is 392 cm³/mol. The van der Waals surface area contributed by atoms with E-state index in [1.807, 2.05) is 38.2 Å². The Kier molecular flexibility index (Phi) is 53.5. The summed E-state index contributed by atoms with van der Waals surface area (Å²) in [4.78, 5) is 24.9. The molecule has 0 fully saturated rings. The zero-order chi connectivity index (χ0) is 75.4. The molecule has 0 amide bonds. The van der Waals surface area contributed by atoms with Gasteiger partial charge in [-0.3, -0.25) is 9.35 Å². The van der Waals surface area contributed by atoms with Crippen molar-refractivity contribution in [2.75, 3.05) is 296 Å². The molecule has 0 aromatic heterocycles. The molecule has 1 atom stereocenters. The molecule has 2 N–H and O–H groups in total. The summed E-state index contributed by atoms with van der Waals surface area (Å²) >= 11 is 0. The first-order chi connectivity index (χ1) is 51.3. The van der Waals surface area contributed by atoms with E-state index in [9.17, 15) is 22.9 Å². The van der Waals surface area contributed by atoms with Crippen molar-refractivity contribution in [1.82, 2.24) is 0 Å². The molecule has 0 saturated heterocycles. The number of fused-ring (bicyclic) bond motifs is 2. The molecular weight excluding hydrogens is 1390 g/mol. The summed E-state index contributed by atoms with van der Waals surface area (Å²) in [6.07, 6.45) is 13.0. The highest BCUT2D eigenvalue weighted by Crippen LogP contribution is 2.50. The van der Waals surface area contributed by atoms with Crippen molar-refractivity contribution >= 4 is 33.2 Å². The topological polar surface area (TPSA) is 301 Å². The Labute approximate surface area is 623 Å². The molecule has 4 rings (SSSR count). The smallest absolute Gasteiger partial charge is 0.303 e. The molecule has 29 nitrogen and oxygen atoms in total. The van der Waals surface area contributed by atoms with E-state index in [0.29, 0.717) is 284 Å². The first-order valence-electron chi connectivity index (χ1n) is 36.8. The number of ether oxygens (including phenoxy) is 20. The van der Waals surface area contributed by atoms with Crippen LogP contribution in [0.5, 0.6) is 0 Å². The van der Waals surface area contributed by atoms with Crippen molar-refractivity contribution in [3.8, 4) is 0 Å². The Morgan fingerprint density at radius 2 is 0.829 bits per heavy atom. The first kappa shape index (κ1) is 93.0. The van der Waals surface area contributed by atoms with Gasteiger partial charge in [0.1, 0.15) is 13.2 Å². The SMILES string of the molecule is COCCOCCOCCOCCOCCOCCOCCOCCOCCOCCOCC[N+]1=C(C=CC=CC=C2N(CCCCCC(=O)O)c3ccc(C)cc3C2(C)CCOOCCOCCOCCOCCOCCOCCOCCOCCOCCOC)C(C)(C)c2cc(S(=O)(=O)O)ccc21. The molecule has 2 aromatic rings. The molecule has 0 spiro atoms. The number of unbranched alkanes of at least 4 members (excludes halogenated alkanes) is 2. The van der Waals surface area contributed by atoms with Crippen LogP contribution in [0.25, 0.3) is 0 Å². The maximum Gasteiger partial charge on any atom is 0.303 e. The lowest BCUT2D eigenvalue weighted by Crippen LogP contribution is -2.30. The number of carboxylic acids is 1. The van der Waals surface area contributed by atoms with Crippen LogP contribution < -0.4 is 4.90 Å². The van der Waals surface area contributed by atoms with Crippen LogP contribution in [0, 0.1) is 6.92 Å². The summed E-state index contributed by atoms with van der Waals surface area (Å²) in [6, 6.07) is 11.2. The minimum Gasteiger partial charge on any atom is -0.481 e. The molecule has 602 valence electrons. The molecule has 2 aromatic carbocycles. The van der Waals surface area contributed by atoms with Gasteiger partial charge in [-0.2, -0.15) is 13.0 Å². The number of benzene rings is 2. The highest BCUT2D eigenvalue weighted by Gasteiger charge is 2.45. The lowest BCUT2D eigenvalue weighted by molar-refractivity contribution is -0.442. The van der Waals surface area contributed by atoms with E-state index in [4.69, 9.17) is 105 Å². The van der Waals surface area contributed by atoms with E-state index in [0.717, 1.165) is 52.3 Å². The van der Waals surface area contributed by atoms with Crippen LogP contribution >= 0.6 is 0 Å². The molecule has 0 bridgehead atoms. The molecule has 30 heteroatoms. The molecule has 2 heterocycles. The Balaban J connectivity index is 1.15. The number of hydrogen-bond acceptors (Lipinski definition) is 26. The second-order valence-electron chi connectivity index (χ2n) is 24.7. The summed E-state index contributed by atoms with van der Waals surface area (Å²) in [7, 11) is -1.19. The van der Waals surface area contributed by atoms with Gasteiger partial charge in [-0.15, -0.1) is 0 Å². The van der Waals surface area contributed by atoms with Crippen molar-refractivity contribution in [3.63, 3.8) is 0 Å². The zero-order valence-electron chi connectivity index (χ0n) is 63.5. The number of aryl methyl sites for hydroxylation is 1. The number of carboxylic acid groups (broad SMARTS) is 1. The van der Waals surface area contributed by atoms with Gasteiger partial charge in [-0.1, -0.05) is 42.3 Å². The lowest BCUT2D eigenvalue weighted by atomic mass is 9.78. The first-order valence-corrected chi connectivity index (χ1v) is 38.2. The third-order valence-corrected chi connectivity index (χ3v) is 17.3. The predicted octanol–water partition coefficient (Wildman–Crippen LogP) is 6.97. The third-order valence-electron chi connectivity index (χ3n) is 16.4. The van der Waals surface area contributed by atoms with Crippen LogP contribution in [0.1, 0.15) is 69.6 Å². The van der Waals surface area contributed by atoms with E-state index < -0.39 is 26.9 Å². The summed E-state index contributed by atoms with van der Waals surface area (Å²) in [5, 5.41) is 9.35. The normalized spacial score (nSPS) is 15.5. The second-order valence-corrected chi connectivity index (χ2v) is 26.1. The second kappa shape index (κ2) is 60.4. The zero-order valence-corrected chi connectivity index (χ0v) is 64.3. The van der Waals surface area contributed by atoms with Crippen molar-refractivity contribution in [2.45, 2.75) is 75.5 Å². The van der Waals surface area contributed by atoms with E-state index in [1.165, 1.54) is 12.1 Å². The average Bonchev–Trinajstić information content (AvgIpc) is 1.60. The molecule has 2 aliphatic rings. The van der Waals surface area contributed by atoms with Crippen LogP contribution in [0.15, 0.2) is 77.4 Å². The van der Waals surface area contributed by atoms with Crippen LogP contribution in [-0.2, 0) is 130 Å². The lowest BCUT2D eigenvalue weighted by Gasteiger charge is -2.30. The molecule has 0 aliphatic carbocycles. The molecule has 1 unspecified atom stereocenters. The van der Waals surface area contributed by atoms with E-state index >= 15 is 0 Å². The minimum atomic E-state index is -4.47. The van der Waals surface area contributed by atoms with Gasteiger partial charge in [-0.25, -0.2) is 9.78 Å². The molecular formula is C75H125N2O27S+. The van der Waals surface area contributed by atoms with Gasteiger partial charge in [0.25, 0.3) is 10.1 Å². The number of rotatable bonds is 74. The number of hydrogen-bond donors (Lipinski definition) is 2. The molecule has 0 radical (unpaired) electrons. The summed E-state index contributed by atoms with van der Waals surface area (Å²) in [6.45, 7) is 27.6. The fourth-order valence-corrected chi connectivity index (χ4v) is 11.4. The van der Waals surface area contributed by atoms with Gasteiger partial charge >= 0.3 is 5.97 Å². The number of aliphatic carboxylic acids is 1. The van der Waals surface area contributed by atoms with E-state index in [-0.39, 0.29) is 17.9 Å². The van der Waals surface area contributed by atoms with Gasteiger partial charge < -0.3 is 105 Å². The Hall–Kier alpha value is -4.37.